The van der Waals surface area contributed by atoms with E-state index < -0.39 is 41.7 Å². The molecule has 32 heavy (non-hydrogen) atoms. The van der Waals surface area contributed by atoms with Gasteiger partial charge in [0.05, 0.1) is 6.04 Å². The van der Waals surface area contributed by atoms with E-state index in [1.807, 2.05) is 29.2 Å². The van der Waals surface area contributed by atoms with Crippen molar-refractivity contribution in [1.82, 2.24) is 10.2 Å². The van der Waals surface area contributed by atoms with Gasteiger partial charge in [-0.3, -0.25) is 9.69 Å². The highest BCUT2D eigenvalue weighted by Crippen LogP contribution is 2.27. The van der Waals surface area contributed by atoms with Gasteiger partial charge in [-0.2, -0.15) is 13.2 Å². The van der Waals surface area contributed by atoms with Gasteiger partial charge in [-0.05, 0) is 37.5 Å². The number of hydrogen-bond acceptors (Lipinski definition) is 4. The van der Waals surface area contributed by atoms with Crippen LogP contribution >= 0.6 is 0 Å². The first-order valence-corrected chi connectivity index (χ1v) is 10.2. The highest BCUT2D eigenvalue weighted by atomic mass is 19.4. The number of carbonyl (C=O) groups excluding carboxylic acids is 1. The zero-order valence-electron chi connectivity index (χ0n) is 18.0. The number of aliphatic hydroxyl groups is 2. The topological polar surface area (TPSA) is 72.8 Å². The quantitative estimate of drug-likeness (QED) is 0.415. The molecule has 0 radical (unpaired) electrons. The highest BCUT2D eigenvalue weighted by Gasteiger charge is 2.31. The molecule has 0 aromatic heterocycles. The molecule has 3 N–H and O–H groups in total. The Hall–Kier alpha value is -2.49. The smallest absolute Gasteiger partial charge is 0.389 e. The van der Waals surface area contributed by atoms with E-state index in [1.165, 1.54) is 12.5 Å². The summed E-state index contributed by atoms with van der Waals surface area (Å²) in [6.07, 6.45) is -5.80. The normalized spacial score (nSPS) is 18.8. The Morgan fingerprint density at radius 2 is 1.91 bits per heavy atom. The van der Waals surface area contributed by atoms with Crippen molar-refractivity contribution in [1.29, 1.82) is 0 Å². The molecular formula is C23H28F4N2O3. The van der Waals surface area contributed by atoms with Crippen molar-refractivity contribution in [3.8, 4) is 0 Å². The summed E-state index contributed by atoms with van der Waals surface area (Å²) in [5.41, 5.74) is 0.894. The van der Waals surface area contributed by atoms with Gasteiger partial charge in [0.25, 0.3) is 5.91 Å². The number of fused-ring (bicyclic) bond motifs is 1. The van der Waals surface area contributed by atoms with Crippen molar-refractivity contribution in [3.63, 3.8) is 0 Å². The average molecular weight is 456 g/mol. The number of nitrogens with one attached hydrogen (secondary N) is 1. The van der Waals surface area contributed by atoms with Gasteiger partial charge >= 0.3 is 6.18 Å². The number of hydrogen-bond donors (Lipinski definition) is 3. The van der Waals surface area contributed by atoms with Crippen molar-refractivity contribution >= 4 is 5.91 Å². The number of alkyl halides is 3. The van der Waals surface area contributed by atoms with Crippen LogP contribution in [0.5, 0.6) is 0 Å². The van der Waals surface area contributed by atoms with Crippen LogP contribution in [0.4, 0.5) is 17.6 Å². The first-order valence-electron chi connectivity index (χ1n) is 10.2. The van der Waals surface area contributed by atoms with Gasteiger partial charge in [0, 0.05) is 30.8 Å². The van der Waals surface area contributed by atoms with Crippen LogP contribution in [-0.4, -0.2) is 58.5 Å². The Bertz CT molecular complexity index is 895. The summed E-state index contributed by atoms with van der Waals surface area (Å²) in [5, 5.41) is 22.9. The molecule has 1 heterocycles. The number of amides is 1. The molecule has 0 fully saturated rings. The van der Waals surface area contributed by atoms with Gasteiger partial charge in [-0.25, -0.2) is 4.39 Å². The Balaban J connectivity index is 1.99. The predicted molar refractivity (Wildman–Crippen MR) is 113 cm³/mol. The third-order valence-corrected chi connectivity index (χ3v) is 5.40. The molecule has 2 rings (SSSR count). The predicted octanol–water partition coefficient (Wildman–Crippen LogP) is 3.19. The average Bonchev–Trinajstić information content (AvgIpc) is 2.72. The summed E-state index contributed by atoms with van der Waals surface area (Å²) in [5.74, 6) is -2.17. The van der Waals surface area contributed by atoms with Gasteiger partial charge < -0.3 is 15.5 Å². The zero-order chi connectivity index (χ0) is 24.1. The van der Waals surface area contributed by atoms with Gasteiger partial charge in [-0.15, -0.1) is 0 Å². The molecule has 9 heteroatoms. The molecule has 1 aromatic rings. The van der Waals surface area contributed by atoms with Crippen LogP contribution in [0.15, 0.2) is 60.0 Å². The standard InChI is InChI=1S/C23H28F4N2O3/c1-4-18(19(24)11-14(2)23(25,26)27)15(3)28-22(32)21(31)20(30)13-29-10-9-16-7-5-6-8-17(16)12-29/h4-8,11,15,20-21,30-31H,1,9-10,12-13H2,2-3H3,(H,28,32)/b14-11+,19-18-/t15-,20?,21?/m0/s1. The number of allylic oxidation sites excluding steroid dienone is 3. The lowest BCUT2D eigenvalue weighted by Crippen LogP contribution is -2.50. The third kappa shape index (κ3) is 6.75. The minimum absolute atomic E-state index is 0.0450. The molecule has 3 atom stereocenters. The summed E-state index contributed by atoms with van der Waals surface area (Å²) >= 11 is 0. The van der Waals surface area contributed by atoms with Crippen LogP contribution in [-0.2, 0) is 17.8 Å². The van der Waals surface area contributed by atoms with Gasteiger partial charge in [-0.1, -0.05) is 36.9 Å². The molecule has 0 spiro atoms. The maximum Gasteiger partial charge on any atom is 0.412 e. The van der Waals surface area contributed by atoms with E-state index in [1.54, 1.807) is 0 Å². The molecule has 0 saturated heterocycles. The Morgan fingerprint density at radius 1 is 1.28 bits per heavy atom. The zero-order valence-corrected chi connectivity index (χ0v) is 18.0. The van der Waals surface area contributed by atoms with E-state index in [0.29, 0.717) is 19.2 Å². The summed E-state index contributed by atoms with van der Waals surface area (Å²) in [7, 11) is 0. The van der Waals surface area contributed by atoms with E-state index in [-0.39, 0.29) is 12.1 Å². The molecule has 2 unspecified atom stereocenters. The fourth-order valence-electron chi connectivity index (χ4n) is 3.46. The van der Waals surface area contributed by atoms with E-state index in [2.05, 4.69) is 11.9 Å². The first-order chi connectivity index (χ1) is 14.9. The molecule has 1 aliphatic rings. The van der Waals surface area contributed by atoms with Crippen LogP contribution in [0.3, 0.4) is 0 Å². The SMILES string of the molecule is C=C/C(=C(F)\C=C(/C)C(F)(F)F)[C@H](C)NC(=O)C(O)C(O)CN1CCc2ccccc2C1. The van der Waals surface area contributed by atoms with E-state index in [0.717, 1.165) is 25.0 Å². The summed E-state index contributed by atoms with van der Waals surface area (Å²) < 4.78 is 52.2. The number of rotatable bonds is 8. The largest absolute Gasteiger partial charge is 0.412 e. The van der Waals surface area contributed by atoms with Crippen molar-refractivity contribution in [3.05, 3.63) is 71.1 Å². The maximum atomic E-state index is 14.3. The van der Waals surface area contributed by atoms with Crippen LogP contribution in [0.1, 0.15) is 25.0 Å². The summed E-state index contributed by atoms with van der Waals surface area (Å²) in [4.78, 5) is 14.3. The van der Waals surface area contributed by atoms with Crippen LogP contribution in [0.25, 0.3) is 0 Å². The first kappa shape index (κ1) is 25.8. The van der Waals surface area contributed by atoms with Crippen molar-refractivity contribution in [2.24, 2.45) is 0 Å². The third-order valence-electron chi connectivity index (χ3n) is 5.40. The van der Waals surface area contributed by atoms with Gasteiger partial charge in [0.15, 0.2) is 6.10 Å². The second-order valence-corrected chi connectivity index (χ2v) is 7.83. The molecule has 5 nitrogen and oxygen atoms in total. The number of aliphatic hydroxyl groups excluding tert-OH is 2. The van der Waals surface area contributed by atoms with E-state index >= 15 is 0 Å². The Kier molecular flexibility index (Phi) is 8.77. The lowest BCUT2D eigenvalue weighted by atomic mass is 9.99. The lowest BCUT2D eigenvalue weighted by Gasteiger charge is -2.31. The number of benzene rings is 1. The second kappa shape index (κ2) is 10.9. The maximum absolute atomic E-state index is 14.3. The summed E-state index contributed by atoms with van der Waals surface area (Å²) in [6.45, 7) is 6.70. The minimum atomic E-state index is -4.69. The highest BCUT2D eigenvalue weighted by molar-refractivity contribution is 5.81. The van der Waals surface area contributed by atoms with Gasteiger partial charge in [0.2, 0.25) is 0 Å². The van der Waals surface area contributed by atoms with E-state index in [4.69, 9.17) is 0 Å². The number of β-amino-alcohol motifs (C(OH)–C–C–N with tert-alkyl or cyclic N) is 1. The van der Waals surface area contributed by atoms with Crippen LogP contribution in [0.2, 0.25) is 0 Å². The molecule has 0 saturated carbocycles. The Labute approximate surface area is 184 Å². The van der Waals surface area contributed by atoms with Crippen LogP contribution < -0.4 is 5.32 Å². The van der Waals surface area contributed by atoms with Crippen molar-refractivity contribution in [2.45, 2.75) is 51.2 Å². The lowest BCUT2D eigenvalue weighted by molar-refractivity contribution is -0.136. The molecule has 1 aromatic carbocycles. The molecular weight excluding hydrogens is 428 g/mol. The minimum Gasteiger partial charge on any atom is -0.389 e. The number of halogens is 4. The molecule has 176 valence electrons. The number of carbonyl (C=O) groups is 1. The van der Waals surface area contributed by atoms with Crippen molar-refractivity contribution < 1.29 is 32.6 Å². The van der Waals surface area contributed by atoms with Crippen LogP contribution in [0, 0.1) is 0 Å². The second-order valence-electron chi connectivity index (χ2n) is 7.83. The van der Waals surface area contributed by atoms with Crippen molar-refractivity contribution in [2.75, 3.05) is 13.1 Å². The van der Waals surface area contributed by atoms with Gasteiger partial charge in [0.1, 0.15) is 11.9 Å². The molecule has 0 aliphatic carbocycles. The van der Waals surface area contributed by atoms with E-state index in [9.17, 15) is 32.6 Å². The summed E-state index contributed by atoms with van der Waals surface area (Å²) in [6, 6.07) is 6.79. The fourth-order valence-corrected chi connectivity index (χ4v) is 3.46. The molecule has 0 bridgehead atoms. The molecule has 1 amide bonds. The number of nitrogens with zero attached hydrogens (tertiary/aromatic N) is 1. The monoisotopic (exact) mass is 456 g/mol. The molecule has 1 aliphatic heterocycles. The Morgan fingerprint density at radius 3 is 2.50 bits per heavy atom. The fraction of sp³-hybridized carbons (Fsp3) is 0.435.